The smallest absolute Gasteiger partial charge is 0.364 e. The van der Waals surface area contributed by atoms with Crippen molar-refractivity contribution in [2.75, 3.05) is 26.4 Å². The molecular formula is C69H126N2O21. The highest BCUT2D eigenvalue weighted by Crippen LogP contribution is 2.39. The average Bonchev–Trinajstić information content (AvgIpc) is 1.82. The molecule has 538 valence electrons. The van der Waals surface area contributed by atoms with E-state index in [1.165, 1.54) is 167 Å². The Labute approximate surface area is 549 Å². The maximum atomic E-state index is 13.4. The minimum Gasteiger partial charge on any atom is -0.477 e. The molecule has 92 heavy (non-hydrogen) atoms. The highest BCUT2D eigenvalue weighted by molar-refractivity contribution is 5.77. The third-order valence-electron chi connectivity index (χ3n) is 18.1. The molecule has 0 spiro atoms. The third kappa shape index (κ3) is 31.6. The summed E-state index contributed by atoms with van der Waals surface area (Å²) in [5.41, 5.74) is 0. The largest absolute Gasteiger partial charge is 0.477 e. The lowest BCUT2D eigenvalue weighted by atomic mass is 9.88. The molecule has 3 aliphatic heterocycles. The van der Waals surface area contributed by atoms with Crippen molar-refractivity contribution in [3.63, 3.8) is 0 Å². The van der Waals surface area contributed by atoms with Crippen LogP contribution in [-0.4, -0.2) is 215 Å². The molecule has 0 aromatic rings. The van der Waals surface area contributed by atoms with E-state index in [2.05, 4.69) is 36.6 Å². The first-order chi connectivity index (χ1) is 44.4. The summed E-state index contributed by atoms with van der Waals surface area (Å²) in [6, 6.07) is -2.62. The predicted octanol–water partition coefficient (Wildman–Crippen LogP) is 6.84. The zero-order valence-electron chi connectivity index (χ0n) is 56.2. The Bertz CT molecular complexity index is 1960. The SMILES string of the molecule is CCCCCCCCCCC/C=C/C(O)C(COC1OC(CO)C(OC2OC(CO)C(O)C(OC3(C(=O)O)CC(O)C(NC(C)=O)C(C(O)C(O)CO)O3)C2O)C(O)C1O)NC(=O)CCCCCCCCCCCCC/C=C\CCCCCCCCCCCCCC. The Balaban J connectivity index is 1.52. The van der Waals surface area contributed by atoms with Crippen LogP contribution in [0.4, 0.5) is 0 Å². The Morgan fingerprint density at radius 2 is 1.02 bits per heavy atom. The summed E-state index contributed by atoms with van der Waals surface area (Å²) < 4.78 is 34.7. The second-order valence-corrected chi connectivity index (χ2v) is 26.1. The fourth-order valence-electron chi connectivity index (χ4n) is 12.4. The van der Waals surface area contributed by atoms with Gasteiger partial charge in [-0.3, -0.25) is 9.59 Å². The van der Waals surface area contributed by atoms with Crippen molar-refractivity contribution in [3.8, 4) is 0 Å². The molecule has 18 unspecified atom stereocenters. The minimum atomic E-state index is -3.08. The van der Waals surface area contributed by atoms with Crippen molar-refractivity contribution in [2.24, 2.45) is 0 Å². The number of ether oxygens (including phenoxy) is 6. The van der Waals surface area contributed by atoms with Crippen LogP contribution >= 0.6 is 0 Å². The van der Waals surface area contributed by atoms with Gasteiger partial charge in [0.15, 0.2) is 12.6 Å². The summed E-state index contributed by atoms with van der Waals surface area (Å²) in [5, 5.41) is 136. The molecule has 23 heteroatoms. The monoisotopic (exact) mass is 1320 g/mol. The van der Waals surface area contributed by atoms with Gasteiger partial charge in [0.1, 0.15) is 67.1 Å². The van der Waals surface area contributed by atoms with Crippen molar-refractivity contribution in [2.45, 2.75) is 368 Å². The number of carbonyl (C=O) groups is 3. The van der Waals surface area contributed by atoms with Crippen LogP contribution < -0.4 is 10.6 Å². The number of carbonyl (C=O) groups excluding carboxylic acids is 2. The molecule has 3 rings (SSSR count). The summed E-state index contributed by atoms with van der Waals surface area (Å²) in [4.78, 5) is 38.5. The van der Waals surface area contributed by atoms with E-state index in [9.17, 15) is 75.7 Å². The van der Waals surface area contributed by atoms with E-state index in [0.29, 0.717) is 12.8 Å². The van der Waals surface area contributed by atoms with Crippen molar-refractivity contribution >= 4 is 17.8 Å². The van der Waals surface area contributed by atoms with E-state index in [4.69, 9.17) is 28.4 Å². The van der Waals surface area contributed by atoms with Gasteiger partial charge in [-0.2, -0.15) is 0 Å². The quantitative estimate of drug-likeness (QED) is 0.0219. The standard InChI is InChI=1S/C69H126N2O21/c1-4-6-8-10-12-14-16-17-18-19-20-21-22-23-24-25-26-27-28-29-30-31-33-35-37-39-41-43-56(79)71-50(51(76)42-40-38-36-34-32-15-13-11-9-7-5-2)48-87-66-61(83)60(82)63(55(47-74)89-66)90-67-62(84)65(59(81)54(46-73)88-67)92-69(68(85)86)44-52(77)57(70-49(3)75)64(91-69)58(80)53(78)45-72/h23-24,40,42,50-55,57-67,72-74,76-78,80-84H,4-22,25-39,41,43-48H2,1-3H3,(H,70,75)(H,71,79)(H,85,86)/b24-23-,42-40+. The summed E-state index contributed by atoms with van der Waals surface area (Å²) in [5.74, 6) is -6.14. The lowest BCUT2D eigenvalue weighted by Crippen LogP contribution is -2.70. The van der Waals surface area contributed by atoms with Gasteiger partial charge in [0.2, 0.25) is 11.8 Å². The molecule has 23 nitrogen and oxygen atoms in total. The number of carboxylic acid groups (broad SMARTS) is 1. The molecule has 0 aromatic carbocycles. The molecule has 3 heterocycles. The number of nitrogens with one attached hydrogen (secondary N) is 2. The number of rotatable bonds is 54. The van der Waals surface area contributed by atoms with Crippen LogP contribution in [0.25, 0.3) is 0 Å². The number of hydrogen-bond donors (Lipinski definition) is 14. The Kier molecular flexibility index (Phi) is 45.1. The van der Waals surface area contributed by atoms with Crippen LogP contribution in [0.5, 0.6) is 0 Å². The summed E-state index contributed by atoms with van der Waals surface area (Å²) in [6.07, 6.45) is 21.1. The van der Waals surface area contributed by atoms with Gasteiger partial charge < -0.3 is 100 Å². The fraction of sp³-hybridized carbons (Fsp3) is 0.899. The summed E-state index contributed by atoms with van der Waals surface area (Å²) in [7, 11) is 0. The number of allylic oxidation sites excluding steroid dienone is 3. The van der Waals surface area contributed by atoms with E-state index in [-0.39, 0.29) is 12.3 Å². The van der Waals surface area contributed by atoms with Crippen LogP contribution in [0, 0.1) is 0 Å². The summed E-state index contributed by atoms with van der Waals surface area (Å²) >= 11 is 0. The minimum absolute atomic E-state index is 0.200. The van der Waals surface area contributed by atoms with Gasteiger partial charge >= 0.3 is 5.97 Å². The van der Waals surface area contributed by atoms with E-state index in [1.54, 1.807) is 6.08 Å². The van der Waals surface area contributed by atoms with Crippen molar-refractivity contribution in [1.82, 2.24) is 10.6 Å². The second kappa shape index (κ2) is 49.7. The number of carboxylic acids is 1. The number of amides is 2. The molecule has 0 radical (unpaired) electrons. The zero-order valence-corrected chi connectivity index (χ0v) is 56.2. The molecule has 3 saturated heterocycles. The highest BCUT2D eigenvalue weighted by Gasteiger charge is 2.60. The lowest BCUT2D eigenvalue weighted by Gasteiger charge is -2.50. The maximum absolute atomic E-state index is 13.4. The molecule has 2 amide bonds. The highest BCUT2D eigenvalue weighted by atomic mass is 16.8. The van der Waals surface area contributed by atoms with Gasteiger partial charge in [0.25, 0.3) is 5.79 Å². The van der Waals surface area contributed by atoms with E-state index < -0.39 is 155 Å². The zero-order chi connectivity index (χ0) is 67.5. The number of aliphatic hydroxyl groups excluding tert-OH is 11. The van der Waals surface area contributed by atoms with Crippen molar-refractivity contribution < 1.29 is 104 Å². The van der Waals surface area contributed by atoms with E-state index >= 15 is 0 Å². The van der Waals surface area contributed by atoms with Crippen LogP contribution in [0.3, 0.4) is 0 Å². The molecule has 0 saturated carbocycles. The second-order valence-electron chi connectivity index (χ2n) is 26.1. The van der Waals surface area contributed by atoms with Gasteiger partial charge in [0, 0.05) is 19.8 Å². The van der Waals surface area contributed by atoms with Crippen molar-refractivity contribution in [3.05, 3.63) is 24.3 Å². The van der Waals surface area contributed by atoms with Gasteiger partial charge in [-0.15, -0.1) is 0 Å². The maximum Gasteiger partial charge on any atom is 0.364 e. The fourth-order valence-corrected chi connectivity index (χ4v) is 12.4. The molecule has 18 atom stereocenters. The van der Waals surface area contributed by atoms with E-state index in [0.717, 1.165) is 51.9 Å². The number of hydrogen-bond acceptors (Lipinski definition) is 20. The number of aliphatic hydroxyl groups is 11. The first kappa shape index (κ1) is 83.4. The topological polar surface area (TPSA) is 373 Å². The van der Waals surface area contributed by atoms with E-state index in [1.807, 2.05) is 6.08 Å². The number of aliphatic carboxylic acids is 1. The molecule has 0 bridgehead atoms. The summed E-state index contributed by atoms with van der Waals surface area (Å²) in [6.45, 7) is 2.12. The molecule has 3 aliphatic rings. The van der Waals surface area contributed by atoms with Gasteiger partial charge in [0.05, 0.1) is 50.7 Å². The molecule has 0 aliphatic carbocycles. The van der Waals surface area contributed by atoms with Crippen LogP contribution in [0.15, 0.2) is 24.3 Å². The van der Waals surface area contributed by atoms with Gasteiger partial charge in [-0.05, 0) is 44.9 Å². The predicted molar refractivity (Wildman–Crippen MR) is 348 cm³/mol. The van der Waals surface area contributed by atoms with Crippen LogP contribution in [0.2, 0.25) is 0 Å². The normalized spacial score (nSPS) is 28.3. The van der Waals surface area contributed by atoms with Gasteiger partial charge in [-0.25, -0.2) is 4.79 Å². The lowest BCUT2D eigenvalue weighted by molar-refractivity contribution is -0.386. The first-order valence-corrected chi connectivity index (χ1v) is 35.7. The molecule has 3 fully saturated rings. The molecular weight excluding hydrogens is 1190 g/mol. The average molecular weight is 1320 g/mol. The number of unbranched alkanes of at least 4 members (excludes halogenated alkanes) is 32. The Hall–Kier alpha value is -2.79. The third-order valence-corrected chi connectivity index (χ3v) is 18.1. The molecule has 14 N–H and O–H groups in total. The van der Waals surface area contributed by atoms with Crippen molar-refractivity contribution in [1.29, 1.82) is 0 Å². The molecule has 0 aromatic heterocycles. The Morgan fingerprint density at radius 1 is 0.565 bits per heavy atom. The van der Waals surface area contributed by atoms with Crippen LogP contribution in [0.1, 0.15) is 258 Å². The van der Waals surface area contributed by atoms with Crippen LogP contribution in [-0.2, 0) is 42.8 Å². The Morgan fingerprint density at radius 3 is 1.48 bits per heavy atom. The first-order valence-electron chi connectivity index (χ1n) is 35.7. The van der Waals surface area contributed by atoms with Gasteiger partial charge in [-0.1, -0.05) is 218 Å².